The second-order valence-electron chi connectivity index (χ2n) is 4.27. The van der Waals surface area contributed by atoms with Crippen LogP contribution in [0.25, 0.3) is 0 Å². The molecule has 20 heavy (non-hydrogen) atoms. The Balaban J connectivity index is 2.00. The highest BCUT2D eigenvalue weighted by atomic mass is 32.2. The van der Waals surface area contributed by atoms with Gasteiger partial charge in [0, 0.05) is 17.1 Å². The van der Waals surface area contributed by atoms with Gasteiger partial charge in [-0.3, -0.25) is 0 Å². The zero-order valence-corrected chi connectivity index (χ0v) is 12.7. The zero-order chi connectivity index (χ0) is 14.6. The van der Waals surface area contributed by atoms with E-state index in [0.717, 1.165) is 5.69 Å². The molecule has 106 valence electrons. The van der Waals surface area contributed by atoms with Crippen molar-refractivity contribution in [1.29, 1.82) is 0 Å². The molecule has 3 N–H and O–H groups in total. The van der Waals surface area contributed by atoms with E-state index in [1.54, 1.807) is 23.9 Å². The molecule has 0 saturated heterocycles. The van der Waals surface area contributed by atoms with Crippen LogP contribution in [0.2, 0.25) is 0 Å². The van der Waals surface area contributed by atoms with Gasteiger partial charge < -0.3 is 5.32 Å². The number of hydrogen-bond acceptors (Lipinski definition) is 4. The number of nitrogens with one attached hydrogen (secondary N) is 1. The predicted molar refractivity (Wildman–Crippen MR) is 83.4 cm³/mol. The molecular weight excluding hydrogens is 292 g/mol. The summed E-state index contributed by atoms with van der Waals surface area (Å²) in [4.78, 5) is 1.35. The Morgan fingerprint density at radius 2 is 1.65 bits per heavy atom. The summed E-state index contributed by atoms with van der Waals surface area (Å²) in [6.07, 6.45) is 2.04. The maximum Gasteiger partial charge on any atom is 0.238 e. The first-order valence-electron chi connectivity index (χ1n) is 5.99. The number of hydrogen-bond donors (Lipinski definition) is 2. The smallest absolute Gasteiger partial charge is 0.238 e. The maximum atomic E-state index is 11.1. The van der Waals surface area contributed by atoms with Crippen LogP contribution in [0.15, 0.2) is 58.3 Å². The van der Waals surface area contributed by atoms with Crippen molar-refractivity contribution < 1.29 is 8.42 Å². The highest BCUT2D eigenvalue weighted by Crippen LogP contribution is 2.17. The largest absolute Gasteiger partial charge is 0.381 e. The van der Waals surface area contributed by atoms with Crippen LogP contribution in [0.1, 0.15) is 5.56 Å². The summed E-state index contributed by atoms with van der Waals surface area (Å²) in [7, 11) is -3.62. The van der Waals surface area contributed by atoms with E-state index in [1.807, 2.05) is 6.26 Å². The molecule has 0 fully saturated rings. The first kappa shape index (κ1) is 14.9. The second kappa shape index (κ2) is 6.30. The van der Waals surface area contributed by atoms with Gasteiger partial charge in [0.1, 0.15) is 0 Å². The number of rotatable bonds is 5. The molecule has 0 atom stereocenters. The summed E-state index contributed by atoms with van der Waals surface area (Å²) in [5.41, 5.74) is 2.02. The Hall–Kier alpha value is -1.50. The van der Waals surface area contributed by atoms with Crippen molar-refractivity contribution in [2.75, 3.05) is 11.6 Å². The highest BCUT2D eigenvalue weighted by molar-refractivity contribution is 7.98. The summed E-state index contributed by atoms with van der Waals surface area (Å²) >= 11 is 1.71. The van der Waals surface area contributed by atoms with Crippen molar-refractivity contribution in [2.45, 2.75) is 16.3 Å². The molecule has 0 amide bonds. The molecule has 4 nitrogen and oxygen atoms in total. The minimum Gasteiger partial charge on any atom is -0.381 e. The number of thioether (sulfide) groups is 1. The number of primary sulfonamides is 1. The molecule has 0 spiro atoms. The Bertz CT molecular complexity index is 665. The Morgan fingerprint density at radius 1 is 1.05 bits per heavy atom. The van der Waals surface area contributed by atoms with Gasteiger partial charge in [-0.05, 0) is 48.2 Å². The van der Waals surface area contributed by atoms with Gasteiger partial charge in [0.25, 0.3) is 0 Å². The monoisotopic (exact) mass is 308 g/mol. The standard InChI is InChI=1S/C14H16N2O2S2/c1-19-13-6-2-11(3-7-13)10-16-12-4-8-14(9-5-12)20(15,17)18/h2-9,16H,10H2,1H3,(H2,15,17,18). The van der Waals surface area contributed by atoms with Crippen molar-refractivity contribution in [3.63, 3.8) is 0 Å². The van der Waals surface area contributed by atoms with Crippen LogP contribution in [0.4, 0.5) is 5.69 Å². The van der Waals surface area contributed by atoms with E-state index in [9.17, 15) is 8.42 Å². The molecule has 0 aliphatic rings. The topological polar surface area (TPSA) is 72.2 Å². The van der Waals surface area contributed by atoms with Crippen LogP contribution in [0.3, 0.4) is 0 Å². The van der Waals surface area contributed by atoms with E-state index >= 15 is 0 Å². The van der Waals surface area contributed by atoms with Gasteiger partial charge >= 0.3 is 0 Å². The molecule has 0 aliphatic carbocycles. The number of anilines is 1. The average Bonchev–Trinajstić information content (AvgIpc) is 2.45. The minimum atomic E-state index is -3.62. The number of nitrogens with two attached hydrogens (primary N) is 1. The first-order valence-corrected chi connectivity index (χ1v) is 8.76. The molecule has 0 aliphatic heterocycles. The van der Waals surface area contributed by atoms with Crippen LogP contribution >= 0.6 is 11.8 Å². The van der Waals surface area contributed by atoms with E-state index in [4.69, 9.17) is 5.14 Å². The van der Waals surface area contributed by atoms with Crippen molar-refractivity contribution in [3.8, 4) is 0 Å². The second-order valence-corrected chi connectivity index (χ2v) is 6.71. The van der Waals surface area contributed by atoms with E-state index < -0.39 is 10.0 Å². The lowest BCUT2D eigenvalue weighted by molar-refractivity contribution is 0.598. The Morgan fingerprint density at radius 3 is 2.15 bits per heavy atom. The van der Waals surface area contributed by atoms with Gasteiger partial charge in [-0.1, -0.05) is 12.1 Å². The van der Waals surface area contributed by atoms with Gasteiger partial charge in [0.05, 0.1) is 4.90 Å². The normalized spacial score (nSPS) is 11.3. The zero-order valence-electron chi connectivity index (χ0n) is 11.0. The molecule has 0 radical (unpaired) electrons. The highest BCUT2D eigenvalue weighted by Gasteiger charge is 2.06. The molecule has 6 heteroatoms. The van der Waals surface area contributed by atoms with Gasteiger partial charge in [-0.15, -0.1) is 11.8 Å². The number of benzene rings is 2. The summed E-state index contributed by atoms with van der Waals surface area (Å²) in [5.74, 6) is 0. The summed E-state index contributed by atoms with van der Waals surface area (Å²) < 4.78 is 22.3. The average molecular weight is 308 g/mol. The van der Waals surface area contributed by atoms with Gasteiger partial charge in [-0.2, -0.15) is 0 Å². The summed E-state index contributed by atoms with van der Waals surface area (Å²) in [6, 6.07) is 14.7. The summed E-state index contributed by atoms with van der Waals surface area (Å²) in [5, 5.41) is 8.28. The van der Waals surface area contributed by atoms with Gasteiger partial charge in [0.2, 0.25) is 10.0 Å². The fourth-order valence-corrected chi connectivity index (χ4v) is 2.63. The molecule has 0 heterocycles. The molecule has 0 unspecified atom stereocenters. The van der Waals surface area contributed by atoms with Crippen LogP contribution in [0.5, 0.6) is 0 Å². The number of sulfonamides is 1. The minimum absolute atomic E-state index is 0.118. The van der Waals surface area contributed by atoms with Gasteiger partial charge in [-0.25, -0.2) is 13.6 Å². The van der Waals surface area contributed by atoms with E-state index in [1.165, 1.54) is 22.6 Å². The third-order valence-electron chi connectivity index (χ3n) is 2.84. The molecule has 0 aromatic heterocycles. The summed E-state index contributed by atoms with van der Waals surface area (Å²) in [6.45, 7) is 0.684. The SMILES string of the molecule is CSc1ccc(CNc2ccc(S(N)(=O)=O)cc2)cc1. The lowest BCUT2D eigenvalue weighted by atomic mass is 10.2. The van der Waals surface area contributed by atoms with E-state index in [2.05, 4.69) is 29.6 Å². The lowest BCUT2D eigenvalue weighted by Crippen LogP contribution is -2.12. The Labute approximate surface area is 123 Å². The van der Waals surface area contributed by atoms with Crippen LogP contribution < -0.4 is 10.5 Å². The van der Waals surface area contributed by atoms with Crippen molar-refractivity contribution in [2.24, 2.45) is 5.14 Å². The van der Waals surface area contributed by atoms with E-state index in [0.29, 0.717) is 6.54 Å². The maximum absolute atomic E-state index is 11.1. The molecule has 0 saturated carbocycles. The Kier molecular flexibility index (Phi) is 4.69. The van der Waals surface area contributed by atoms with Crippen molar-refractivity contribution in [3.05, 3.63) is 54.1 Å². The van der Waals surface area contributed by atoms with Gasteiger partial charge in [0.15, 0.2) is 0 Å². The van der Waals surface area contributed by atoms with E-state index in [-0.39, 0.29) is 4.90 Å². The van der Waals surface area contributed by atoms with Crippen molar-refractivity contribution >= 4 is 27.5 Å². The molecule has 2 aromatic carbocycles. The fraction of sp³-hybridized carbons (Fsp3) is 0.143. The first-order chi connectivity index (χ1) is 9.49. The lowest BCUT2D eigenvalue weighted by Gasteiger charge is -2.07. The van der Waals surface area contributed by atoms with Crippen LogP contribution in [0, 0.1) is 0 Å². The molecule has 2 rings (SSSR count). The van der Waals surface area contributed by atoms with Crippen LogP contribution in [-0.4, -0.2) is 14.7 Å². The predicted octanol–water partition coefficient (Wildman–Crippen LogP) is 2.67. The van der Waals surface area contributed by atoms with Crippen LogP contribution in [-0.2, 0) is 16.6 Å². The third-order valence-corrected chi connectivity index (χ3v) is 4.51. The third kappa shape index (κ3) is 4.00. The molecular formula is C14H16N2O2S2. The van der Waals surface area contributed by atoms with Crippen molar-refractivity contribution in [1.82, 2.24) is 0 Å². The molecule has 0 bridgehead atoms. The molecule has 2 aromatic rings. The quantitative estimate of drug-likeness (QED) is 0.833. The fourth-order valence-electron chi connectivity index (χ4n) is 1.71.